The number of hydrogen-bond donors (Lipinski definition) is 1. The fourth-order valence-corrected chi connectivity index (χ4v) is 1.88. The number of piperidine rings is 1. The minimum Gasteiger partial charge on any atom is -0.375 e. The Morgan fingerprint density at radius 3 is 3.00 bits per heavy atom. The van der Waals surface area contributed by atoms with Crippen molar-refractivity contribution in [2.75, 3.05) is 26.8 Å². The van der Waals surface area contributed by atoms with E-state index in [0.717, 1.165) is 25.9 Å². The molecule has 1 rings (SSSR count). The third kappa shape index (κ3) is 2.96. The van der Waals surface area contributed by atoms with Crippen molar-refractivity contribution in [1.82, 2.24) is 4.90 Å². The number of methoxy groups -OCH3 is 1. The topological polar surface area (TPSA) is 55.6 Å². The van der Waals surface area contributed by atoms with Crippen LogP contribution in [0.15, 0.2) is 0 Å². The Hall–Kier alpha value is -0.610. The molecule has 0 aromatic heterocycles. The standard InChI is InChI=1S/C10H20N2O2/c1-8(11)9-4-3-5-12(6-9)10(13)7-14-2/h8-9H,3-7,11H2,1-2H3. The summed E-state index contributed by atoms with van der Waals surface area (Å²) in [5, 5.41) is 0. The first kappa shape index (κ1) is 11.5. The SMILES string of the molecule is COCC(=O)N1CCCC(C(C)N)C1. The van der Waals surface area contributed by atoms with Crippen molar-refractivity contribution in [3.63, 3.8) is 0 Å². The number of hydrogen-bond acceptors (Lipinski definition) is 3. The first-order valence-electron chi connectivity index (χ1n) is 5.17. The van der Waals surface area contributed by atoms with Crippen LogP contribution in [0.2, 0.25) is 0 Å². The Kier molecular flexibility index (Phi) is 4.35. The minimum absolute atomic E-state index is 0.0813. The van der Waals surface area contributed by atoms with E-state index < -0.39 is 0 Å². The number of carbonyl (C=O) groups excluding carboxylic acids is 1. The van der Waals surface area contributed by atoms with E-state index in [1.54, 1.807) is 7.11 Å². The van der Waals surface area contributed by atoms with Gasteiger partial charge in [0.2, 0.25) is 5.91 Å². The lowest BCUT2D eigenvalue weighted by Crippen LogP contribution is -2.46. The second-order valence-corrected chi connectivity index (χ2v) is 4.03. The molecule has 0 saturated carbocycles. The van der Waals surface area contributed by atoms with Crippen LogP contribution in [0.5, 0.6) is 0 Å². The lowest BCUT2D eigenvalue weighted by molar-refractivity contribution is -0.137. The Bertz CT molecular complexity index is 195. The van der Waals surface area contributed by atoms with Crippen LogP contribution in [-0.2, 0) is 9.53 Å². The smallest absolute Gasteiger partial charge is 0.248 e. The average molecular weight is 200 g/mol. The summed E-state index contributed by atoms with van der Waals surface area (Å²) in [6.07, 6.45) is 2.19. The van der Waals surface area contributed by atoms with Gasteiger partial charge < -0.3 is 15.4 Å². The summed E-state index contributed by atoms with van der Waals surface area (Å²) in [5.41, 5.74) is 5.83. The van der Waals surface area contributed by atoms with Crippen molar-refractivity contribution in [1.29, 1.82) is 0 Å². The number of rotatable bonds is 3. The zero-order chi connectivity index (χ0) is 10.6. The number of likely N-dealkylation sites (tertiary alicyclic amines) is 1. The van der Waals surface area contributed by atoms with Crippen LogP contribution < -0.4 is 5.73 Å². The molecule has 2 N–H and O–H groups in total. The highest BCUT2D eigenvalue weighted by molar-refractivity contribution is 5.77. The molecular formula is C10H20N2O2. The highest BCUT2D eigenvalue weighted by Gasteiger charge is 2.25. The van der Waals surface area contributed by atoms with Crippen LogP contribution in [0.25, 0.3) is 0 Å². The molecule has 1 heterocycles. The summed E-state index contributed by atoms with van der Waals surface area (Å²) >= 11 is 0. The van der Waals surface area contributed by atoms with Crippen molar-refractivity contribution in [3.8, 4) is 0 Å². The largest absolute Gasteiger partial charge is 0.375 e. The third-order valence-electron chi connectivity index (χ3n) is 2.82. The molecule has 0 aliphatic carbocycles. The normalized spacial score (nSPS) is 24.8. The number of ether oxygens (including phenoxy) is 1. The van der Waals surface area contributed by atoms with E-state index in [4.69, 9.17) is 10.5 Å². The summed E-state index contributed by atoms with van der Waals surface area (Å²) < 4.78 is 4.83. The Morgan fingerprint density at radius 1 is 1.71 bits per heavy atom. The van der Waals surface area contributed by atoms with Crippen LogP contribution in [-0.4, -0.2) is 43.7 Å². The van der Waals surface area contributed by atoms with Gasteiger partial charge in [-0.25, -0.2) is 0 Å². The number of nitrogens with two attached hydrogens (primary N) is 1. The molecule has 1 aliphatic rings. The first-order valence-corrected chi connectivity index (χ1v) is 5.17. The maximum atomic E-state index is 11.5. The highest BCUT2D eigenvalue weighted by Crippen LogP contribution is 2.18. The van der Waals surface area contributed by atoms with Gasteiger partial charge in [0, 0.05) is 26.2 Å². The Balaban J connectivity index is 2.43. The fourth-order valence-electron chi connectivity index (χ4n) is 1.88. The number of nitrogens with zero attached hydrogens (tertiary/aromatic N) is 1. The maximum absolute atomic E-state index is 11.5. The first-order chi connectivity index (χ1) is 6.65. The van der Waals surface area contributed by atoms with E-state index in [2.05, 4.69) is 0 Å². The van der Waals surface area contributed by atoms with Crippen LogP contribution in [0.3, 0.4) is 0 Å². The molecule has 4 nitrogen and oxygen atoms in total. The van der Waals surface area contributed by atoms with Crippen molar-refractivity contribution >= 4 is 5.91 Å². The highest BCUT2D eigenvalue weighted by atomic mass is 16.5. The second kappa shape index (κ2) is 5.32. The van der Waals surface area contributed by atoms with Gasteiger partial charge in [-0.3, -0.25) is 4.79 Å². The fraction of sp³-hybridized carbons (Fsp3) is 0.900. The van der Waals surface area contributed by atoms with Crippen LogP contribution >= 0.6 is 0 Å². The summed E-state index contributed by atoms with van der Waals surface area (Å²) in [7, 11) is 1.55. The summed E-state index contributed by atoms with van der Waals surface area (Å²) in [6, 6.07) is 0.174. The summed E-state index contributed by atoms with van der Waals surface area (Å²) in [6.45, 7) is 3.84. The summed E-state index contributed by atoms with van der Waals surface area (Å²) in [5.74, 6) is 0.530. The molecule has 1 aliphatic heterocycles. The van der Waals surface area contributed by atoms with E-state index in [-0.39, 0.29) is 18.6 Å². The van der Waals surface area contributed by atoms with E-state index in [0.29, 0.717) is 5.92 Å². The Labute approximate surface area is 85.4 Å². The molecule has 0 bridgehead atoms. The van der Waals surface area contributed by atoms with Crippen LogP contribution in [0.1, 0.15) is 19.8 Å². The van der Waals surface area contributed by atoms with Gasteiger partial charge >= 0.3 is 0 Å². The molecule has 1 saturated heterocycles. The van der Waals surface area contributed by atoms with Gasteiger partial charge in [0.05, 0.1) is 0 Å². The molecule has 1 fully saturated rings. The van der Waals surface area contributed by atoms with Crippen LogP contribution in [0, 0.1) is 5.92 Å². The predicted octanol–water partition coefficient (Wildman–Crippen LogP) is 0.219. The average Bonchev–Trinajstić information content (AvgIpc) is 2.18. The molecule has 0 radical (unpaired) electrons. The van der Waals surface area contributed by atoms with Crippen LogP contribution in [0.4, 0.5) is 0 Å². The van der Waals surface area contributed by atoms with Gasteiger partial charge in [0.15, 0.2) is 0 Å². The van der Waals surface area contributed by atoms with E-state index in [1.807, 2.05) is 11.8 Å². The molecule has 14 heavy (non-hydrogen) atoms. The van der Waals surface area contributed by atoms with E-state index >= 15 is 0 Å². The maximum Gasteiger partial charge on any atom is 0.248 e. The zero-order valence-corrected chi connectivity index (χ0v) is 9.03. The molecule has 0 spiro atoms. The predicted molar refractivity (Wildman–Crippen MR) is 54.8 cm³/mol. The molecule has 2 unspecified atom stereocenters. The quantitative estimate of drug-likeness (QED) is 0.709. The van der Waals surface area contributed by atoms with Gasteiger partial charge in [-0.15, -0.1) is 0 Å². The molecule has 4 heteroatoms. The zero-order valence-electron chi connectivity index (χ0n) is 9.03. The van der Waals surface area contributed by atoms with Crippen molar-refractivity contribution < 1.29 is 9.53 Å². The van der Waals surface area contributed by atoms with Gasteiger partial charge in [-0.1, -0.05) is 0 Å². The monoisotopic (exact) mass is 200 g/mol. The minimum atomic E-state index is 0.0813. The second-order valence-electron chi connectivity index (χ2n) is 4.03. The van der Waals surface area contributed by atoms with E-state index in [1.165, 1.54) is 0 Å². The lowest BCUT2D eigenvalue weighted by Gasteiger charge is -2.34. The van der Waals surface area contributed by atoms with E-state index in [9.17, 15) is 4.79 Å². The molecule has 82 valence electrons. The molecule has 2 atom stereocenters. The number of carbonyl (C=O) groups is 1. The molecule has 1 amide bonds. The number of amides is 1. The molecule has 0 aromatic rings. The van der Waals surface area contributed by atoms with Gasteiger partial charge in [0.25, 0.3) is 0 Å². The molecule has 0 aromatic carbocycles. The van der Waals surface area contributed by atoms with Gasteiger partial charge in [-0.2, -0.15) is 0 Å². The summed E-state index contributed by atoms with van der Waals surface area (Å²) in [4.78, 5) is 13.4. The van der Waals surface area contributed by atoms with Crippen molar-refractivity contribution in [3.05, 3.63) is 0 Å². The van der Waals surface area contributed by atoms with Crippen molar-refractivity contribution in [2.45, 2.75) is 25.8 Å². The van der Waals surface area contributed by atoms with Gasteiger partial charge in [0.1, 0.15) is 6.61 Å². The third-order valence-corrected chi connectivity index (χ3v) is 2.82. The lowest BCUT2D eigenvalue weighted by atomic mass is 9.92. The Morgan fingerprint density at radius 2 is 2.43 bits per heavy atom. The van der Waals surface area contributed by atoms with Crippen molar-refractivity contribution in [2.24, 2.45) is 11.7 Å². The molecular weight excluding hydrogens is 180 g/mol. The van der Waals surface area contributed by atoms with Gasteiger partial charge in [-0.05, 0) is 25.7 Å².